The van der Waals surface area contributed by atoms with Gasteiger partial charge in [0, 0.05) is 5.88 Å². The Hall–Kier alpha value is -1.22. The first kappa shape index (κ1) is 11.9. The molecule has 4 heteroatoms. The van der Waals surface area contributed by atoms with Crippen LogP contribution in [-0.4, -0.2) is 18.1 Å². The topological polar surface area (TPSA) is 35.5 Å². The number of hydrogen-bond acceptors (Lipinski definition) is 3. The Bertz CT molecular complexity index is 300. The third kappa shape index (κ3) is 4.70. The number of carbonyl (C=O) groups is 1. The minimum Gasteiger partial charge on any atom is -0.431 e. The zero-order valence-electron chi connectivity index (χ0n) is 8.48. The van der Waals surface area contributed by atoms with E-state index in [0.717, 1.165) is 0 Å². The van der Waals surface area contributed by atoms with Crippen LogP contribution in [0.25, 0.3) is 0 Å². The minimum absolute atomic E-state index is 0.223. The fourth-order valence-electron chi connectivity index (χ4n) is 0.986. The largest absolute Gasteiger partial charge is 0.514 e. The highest BCUT2D eigenvalue weighted by atomic mass is 35.5. The molecule has 0 fully saturated rings. The van der Waals surface area contributed by atoms with Crippen molar-refractivity contribution >= 4 is 17.8 Å². The molecular weight excluding hydrogens is 216 g/mol. The van der Waals surface area contributed by atoms with Crippen LogP contribution >= 0.6 is 11.6 Å². The molecule has 0 saturated carbocycles. The van der Waals surface area contributed by atoms with Crippen molar-refractivity contribution in [2.45, 2.75) is 19.4 Å². The van der Waals surface area contributed by atoms with Gasteiger partial charge in [-0.1, -0.05) is 18.2 Å². The SMILES string of the molecule is CC(CCCl)OC(=O)Oc1ccccc1. The van der Waals surface area contributed by atoms with Crippen LogP contribution in [0.4, 0.5) is 4.79 Å². The highest BCUT2D eigenvalue weighted by molar-refractivity contribution is 6.17. The number of para-hydroxylation sites is 1. The fourth-order valence-corrected chi connectivity index (χ4v) is 1.29. The second kappa shape index (κ2) is 6.30. The van der Waals surface area contributed by atoms with Crippen molar-refractivity contribution in [1.29, 1.82) is 0 Å². The fraction of sp³-hybridized carbons (Fsp3) is 0.364. The molecule has 0 aliphatic heterocycles. The Kier molecular flexibility index (Phi) is 4.98. The molecule has 0 amide bonds. The Labute approximate surface area is 93.9 Å². The lowest BCUT2D eigenvalue weighted by Crippen LogP contribution is -2.18. The van der Waals surface area contributed by atoms with Gasteiger partial charge in [0.2, 0.25) is 0 Å². The lowest BCUT2D eigenvalue weighted by Gasteiger charge is -2.11. The second-order valence-electron chi connectivity index (χ2n) is 3.07. The maximum atomic E-state index is 11.2. The Morgan fingerprint density at radius 2 is 2.07 bits per heavy atom. The first-order chi connectivity index (χ1) is 7.22. The van der Waals surface area contributed by atoms with Crippen LogP contribution in [0.15, 0.2) is 30.3 Å². The molecule has 0 aromatic heterocycles. The van der Waals surface area contributed by atoms with E-state index in [0.29, 0.717) is 18.1 Å². The summed E-state index contributed by atoms with van der Waals surface area (Å²) in [6.45, 7) is 1.77. The monoisotopic (exact) mass is 228 g/mol. The van der Waals surface area contributed by atoms with Gasteiger partial charge in [-0.3, -0.25) is 0 Å². The number of carbonyl (C=O) groups excluding carboxylic acids is 1. The maximum Gasteiger partial charge on any atom is 0.514 e. The zero-order chi connectivity index (χ0) is 11.1. The molecule has 1 atom stereocenters. The van der Waals surface area contributed by atoms with E-state index in [1.165, 1.54) is 0 Å². The molecule has 0 spiro atoms. The highest BCUT2D eigenvalue weighted by Gasteiger charge is 2.10. The molecule has 0 bridgehead atoms. The minimum atomic E-state index is -0.696. The quantitative estimate of drug-likeness (QED) is 0.451. The van der Waals surface area contributed by atoms with Crippen molar-refractivity contribution < 1.29 is 14.3 Å². The molecule has 0 radical (unpaired) electrons. The van der Waals surface area contributed by atoms with Gasteiger partial charge in [0.05, 0.1) is 0 Å². The summed E-state index contributed by atoms with van der Waals surface area (Å²) in [7, 11) is 0. The van der Waals surface area contributed by atoms with Gasteiger partial charge in [-0.15, -0.1) is 11.6 Å². The number of halogens is 1. The molecular formula is C11H13ClO3. The van der Waals surface area contributed by atoms with Gasteiger partial charge in [-0.2, -0.15) is 0 Å². The van der Waals surface area contributed by atoms with Crippen molar-refractivity contribution in [1.82, 2.24) is 0 Å². The molecule has 3 nitrogen and oxygen atoms in total. The van der Waals surface area contributed by atoms with Gasteiger partial charge in [0.25, 0.3) is 0 Å². The smallest absolute Gasteiger partial charge is 0.431 e. The van der Waals surface area contributed by atoms with Crippen LogP contribution < -0.4 is 4.74 Å². The van der Waals surface area contributed by atoms with Crippen molar-refractivity contribution in [2.75, 3.05) is 5.88 Å². The van der Waals surface area contributed by atoms with E-state index in [9.17, 15) is 4.79 Å². The lowest BCUT2D eigenvalue weighted by molar-refractivity contribution is 0.0647. The summed E-state index contributed by atoms with van der Waals surface area (Å²) in [4.78, 5) is 11.2. The van der Waals surface area contributed by atoms with Crippen LogP contribution in [0.5, 0.6) is 5.75 Å². The molecule has 1 aromatic rings. The summed E-state index contributed by atoms with van der Waals surface area (Å²) in [5.41, 5.74) is 0. The van der Waals surface area contributed by atoms with E-state index in [2.05, 4.69) is 0 Å². The van der Waals surface area contributed by atoms with Gasteiger partial charge >= 0.3 is 6.16 Å². The Morgan fingerprint density at radius 1 is 1.40 bits per heavy atom. The summed E-state index contributed by atoms with van der Waals surface area (Å²) in [5, 5.41) is 0. The van der Waals surface area contributed by atoms with E-state index in [1.54, 1.807) is 31.2 Å². The molecule has 1 unspecified atom stereocenters. The van der Waals surface area contributed by atoms with Crippen LogP contribution in [0.3, 0.4) is 0 Å². The molecule has 0 N–H and O–H groups in total. The second-order valence-corrected chi connectivity index (χ2v) is 3.45. The third-order valence-corrected chi connectivity index (χ3v) is 1.98. The number of ether oxygens (including phenoxy) is 2. The maximum absolute atomic E-state index is 11.2. The molecule has 0 saturated heterocycles. The van der Waals surface area contributed by atoms with Crippen LogP contribution in [0.1, 0.15) is 13.3 Å². The van der Waals surface area contributed by atoms with E-state index >= 15 is 0 Å². The number of hydrogen-bond donors (Lipinski definition) is 0. The predicted octanol–water partition coefficient (Wildman–Crippen LogP) is 3.22. The lowest BCUT2D eigenvalue weighted by atomic mass is 10.3. The standard InChI is InChI=1S/C11H13ClO3/c1-9(7-8-12)14-11(13)15-10-5-3-2-4-6-10/h2-6,9H,7-8H2,1H3. The summed E-state index contributed by atoms with van der Waals surface area (Å²) < 4.78 is 9.88. The molecule has 15 heavy (non-hydrogen) atoms. The van der Waals surface area contributed by atoms with Crippen LogP contribution in [-0.2, 0) is 4.74 Å². The highest BCUT2D eigenvalue weighted by Crippen LogP contribution is 2.10. The molecule has 0 heterocycles. The van der Waals surface area contributed by atoms with Crippen molar-refractivity contribution in [3.63, 3.8) is 0 Å². The van der Waals surface area contributed by atoms with Crippen molar-refractivity contribution in [2.24, 2.45) is 0 Å². The van der Waals surface area contributed by atoms with E-state index in [4.69, 9.17) is 21.1 Å². The Morgan fingerprint density at radius 3 is 2.67 bits per heavy atom. The Balaban J connectivity index is 2.36. The van der Waals surface area contributed by atoms with Gasteiger partial charge in [0.15, 0.2) is 0 Å². The van der Waals surface area contributed by atoms with E-state index < -0.39 is 6.16 Å². The molecule has 1 aromatic carbocycles. The van der Waals surface area contributed by atoms with Crippen LogP contribution in [0.2, 0.25) is 0 Å². The van der Waals surface area contributed by atoms with Gasteiger partial charge in [0.1, 0.15) is 11.9 Å². The number of rotatable bonds is 4. The summed E-state index contributed by atoms with van der Waals surface area (Å²) in [6, 6.07) is 8.78. The molecule has 82 valence electrons. The molecule has 0 aliphatic carbocycles. The van der Waals surface area contributed by atoms with E-state index in [-0.39, 0.29) is 6.10 Å². The van der Waals surface area contributed by atoms with Crippen LogP contribution in [0, 0.1) is 0 Å². The van der Waals surface area contributed by atoms with Gasteiger partial charge < -0.3 is 9.47 Å². The van der Waals surface area contributed by atoms with E-state index in [1.807, 2.05) is 6.07 Å². The first-order valence-corrected chi connectivity index (χ1v) is 5.25. The average Bonchev–Trinajstić information content (AvgIpc) is 2.19. The first-order valence-electron chi connectivity index (χ1n) is 4.72. The predicted molar refractivity (Wildman–Crippen MR) is 58.4 cm³/mol. The van der Waals surface area contributed by atoms with Gasteiger partial charge in [-0.25, -0.2) is 4.79 Å². The summed E-state index contributed by atoms with van der Waals surface area (Å²) in [5.74, 6) is 0.931. The van der Waals surface area contributed by atoms with Gasteiger partial charge in [-0.05, 0) is 25.5 Å². The normalized spacial score (nSPS) is 11.9. The average molecular weight is 229 g/mol. The molecule has 0 aliphatic rings. The summed E-state index contributed by atoms with van der Waals surface area (Å²) in [6.07, 6.45) is -0.302. The third-order valence-electron chi connectivity index (χ3n) is 1.76. The number of alkyl halides is 1. The molecule has 1 rings (SSSR count). The van der Waals surface area contributed by atoms with Crippen molar-refractivity contribution in [3.8, 4) is 5.75 Å². The summed E-state index contributed by atoms with van der Waals surface area (Å²) >= 11 is 5.51. The zero-order valence-corrected chi connectivity index (χ0v) is 9.24. The number of benzene rings is 1. The van der Waals surface area contributed by atoms with Crippen molar-refractivity contribution in [3.05, 3.63) is 30.3 Å².